The fourth-order valence-electron chi connectivity index (χ4n) is 0.208. The lowest BCUT2D eigenvalue weighted by Crippen LogP contribution is -2.12. The van der Waals surface area contributed by atoms with Gasteiger partial charge < -0.3 is 11.1 Å². The Bertz CT molecular complexity index is 121. The minimum Gasteiger partial charge on any atom is -0.393 e. The highest BCUT2D eigenvalue weighted by Crippen LogP contribution is 1.93. The van der Waals surface area contributed by atoms with E-state index >= 15 is 0 Å². The first-order valence-corrected chi connectivity index (χ1v) is 2.49. The summed E-state index contributed by atoms with van der Waals surface area (Å²) in [6.45, 7) is 0. The van der Waals surface area contributed by atoms with Crippen molar-refractivity contribution in [2.75, 3.05) is 7.05 Å². The summed E-state index contributed by atoms with van der Waals surface area (Å²) in [6, 6.07) is 0. The van der Waals surface area contributed by atoms with E-state index in [1.165, 1.54) is 6.20 Å². The van der Waals surface area contributed by atoms with Gasteiger partial charge in [0, 0.05) is 13.2 Å². The van der Waals surface area contributed by atoms with Crippen LogP contribution in [0.2, 0.25) is 0 Å². The van der Waals surface area contributed by atoms with E-state index in [0.717, 1.165) is 0 Å². The highest BCUT2D eigenvalue weighted by molar-refractivity contribution is 7.85. The molecule has 0 bridgehead atoms. The van der Waals surface area contributed by atoms with Gasteiger partial charge in [-0.05, 0) is 0 Å². The molecule has 0 aliphatic rings. The Labute approximate surface area is 53.4 Å². The Morgan fingerprint density at radius 1 is 1.88 bits per heavy atom. The third kappa shape index (κ3) is 2.52. The van der Waals surface area contributed by atoms with Gasteiger partial charge in [-0.3, -0.25) is 4.79 Å². The number of carbonyl (C=O) groups excluding carboxylic acids is 1. The lowest BCUT2D eigenvalue weighted by molar-refractivity contribution is -0.113. The number of primary amides is 1. The molecule has 4 heteroatoms. The first-order valence-electron chi connectivity index (χ1n) is 2.04. The van der Waals surface area contributed by atoms with E-state index in [4.69, 9.17) is 5.73 Å². The maximum Gasteiger partial charge on any atom is 0.256 e. The fraction of sp³-hybridized carbons (Fsp3) is 0.250. The number of nitrogens with two attached hydrogens (primary N) is 1. The molecule has 0 aliphatic heterocycles. The smallest absolute Gasteiger partial charge is 0.256 e. The van der Waals surface area contributed by atoms with Gasteiger partial charge >= 0.3 is 0 Å². The molecule has 0 aliphatic carbocycles. The van der Waals surface area contributed by atoms with Crippen molar-refractivity contribution in [2.24, 2.45) is 5.73 Å². The molecule has 0 radical (unpaired) electrons. The van der Waals surface area contributed by atoms with Gasteiger partial charge in [0.25, 0.3) is 5.91 Å². The number of rotatable bonds is 2. The Hall–Kier alpha value is -0.640. The summed E-state index contributed by atoms with van der Waals surface area (Å²) >= 11 is 3.73. The Kier molecular flexibility index (Phi) is 3.10. The zero-order chi connectivity index (χ0) is 6.57. The minimum absolute atomic E-state index is 0.229. The number of hydrogen-bond donors (Lipinski definition) is 3. The lowest BCUT2D eigenvalue weighted by Gasteiger charge is -1.89. The summed E-state index contributed by atoms with van der Waals surface area (Å²) in [5.74, 6) is -0.525. The number of amides is 1. The molecule has 0 aromatic rings. The molecular weight excluding hydrogens is 124 g/mol. The maximum absolute atomic E-state index is 10.1. The largest absolute Gasteiger partial charge is 0.393 e. The molecule has 1 amide bonds. The Morgan fingerprint density at radius 2 is 2.38 bits per heavy atom. The second kappa shape index (κ2) is 3.37. The van der Waals surface area contributed by atoms with Crippen LogP contribution in [0.25, 0.3) is 0 Å². The molecule has 0 aromatic heterocycles. The van der Waals surface area contributed by atoms with Crippen LogP contribution in [-0.4, -0.2) is 13.0 Å². The minimum atomic E-state index is -0.525. The van der Waals surface area contributed by atoms with E-state index in [2.05, 4.69) is 17.9 Å². The van der Waals surface area contributed by atoms with E-state index < -0.39 is 5.91 Å². The summed E-state index contributed by atoms with van der Waals surface area (Å²) in [5, 5.41) is 2.61. The van der Waals surface area contributed by atoms with Gasteiger partial charge in [-0.2, -0.15) is 0 Å². The van der Waals surface area contributed by atoms with Crippen molar-refractivity contribution < 1.29 is 4.79 Å². The summed E-state index contributed by atoms with van der Waals surface area (Å²) in [5.41, 5.74) is 4.80. The van der Waals surface area contributed by atoms with Crippen LogP contribution in [-0.2, 0) is 4.79 Å². The van der Waals surface area contributed by atoms with E-state index in [9.17, 15) is 4.79 Å². The third-order valence-electron chi connectivity index (χ3n) is 0.534. The van der Waals surface area contributed by atoms with Crippen molar-refractivity contribution in [3.8, 4) is 0 Å². The first kappa shape index (κ1) is 7.36. The predicted molar refractivity (Wildman–Crippen MR) is 35.3 cm³/mol. The Balaban J connectivity index is 3.80. The average molecular weight is 132 g/mol. The van der Waals surface area contributed by atoms with Gasteiger partial charge in [-0.15, -0.1) is 12.6 Å². The second-order valence-corrected chi connectivity index (χ2v) is 1.66. The van der Waals surface area contributed by atoms with Crippen LogP contribution in [0.3, 0.4) is 0 Å². The van der Waals surface area contributed by atoms with E-state index in [1.54, 1.807) is 7.05 Å². The van der Waals surface area contributed by atoms with Crippen LogP contribution < -0.4 is 11.1 Å². The van der Waals surface area contributed by atoms with E-state index in [0.29, 0.717) is 0 Å². The van der Waals surface area contributed by atoms with Crippen LogP contribution in [0, 0.1) is 0 Å². The van der Waals surface area contributed by atoms with Crippen LogP contribution in [0.1, 0.15) is 0 Å². The number of hydrogen-bond acceptors (Lipinski definition) is 3. The molecule has 3 N–H and O–H groups in total. The summed E-state index contributed by atoms with van der Waals surface area (Å²) in [6.07, 6.45) is 1.42. The van der Waals surface area contributed by atoms with Crippen molar-refractivity contribution >= 4 is 18.5 Å². The second-order valence-electron chi connectivity index (χ2n) is 1.18. The molecule has 0 spiro atoms. The maximum atomic E-state index is 10.1. The van der Waals surface area contributed by atoms with Gasteiger partial charge in [0.2, 0.25) is 0 Å². The topological polar surface area (TPSA) is 55.1 Å². The molecular formula is C4H8N2OS. The molecule has 0 rings (SSSR count). The monoisotopic (exact) mass is 132 g/mol. The summed E-state index contributed by atoms with van der Waals surface area (Å²) in [7, 11) is 1.67. The normalized spacial score (nSPS) is 11.0. The average Bonchev–Trinajstić information content (AvgIpc) is 1.67. The number of nitrogens with one attached hydrogen (secondary N) is 1. The van der Waals surface area contributed by atoms with Crippen LogP contribution in [0.4, 0.5) is 0 Å². The van der Waals surface area contributed by atoms with E-state index in [1.807, 2.05) is 0 Å². The van der Waals surface area contributed by atoms with Gasteiger partial charge in [-0.1, -0.05) is 0 Å². The van der Waals surface area contributed by atoms with Crippen molar-refractivity contribution in [3.63, 3.8) is 0 Å². The SMILES string of the molecule is CN/C=C(\S)C(N)=O. The summed E-state index contributed by atoms with van der Waals surface area (Å²) < 4.78 is 0. The fourth-order valence-corrected chi connectivity index (χ4v) is 0.337. The molecule has 0 saturated heterocycles. The first-order chi connectivity index (χ1) is 3.68. The quantitative estimate of drug-likeness (QED) is 0.349. The van der Waals surface area contributed by atoms with Crippen molar-refractivity contribution in [1.82, 2.24) is 5.32 Å². The molecule has 0 saturated carbocycles. The van der Waals surface area contributed by atoms with Crippen molar-refractivity contribution in [1.29, 1.82) is 0 Å². The zero-order valence-electron chi connectivity index (χ0n) is 4.51. The molecule has 0 aromatic carbocycles. The molecule has 0 unspecified atom stereocenters. The standard InChI is InChI=1S/C4H8N2OS/c1-6-2-3(8)4(5)7/h2,6,8H,1H3,(H2,5,7)/b3-2-. The van der Waals surface area contributed by atoms with Gasteiger partial charge in [0.15, 0.2) is 0 Å². The molecule has 8 heavy (non-hydrogen) atoms. The zero-order valence-corrected chi connectivity index (χ0v) is 5.40. The van der Waals surface area contributed by atoms with Crippen LogP contribution >= 0.6 is 12.6 Å². The number of carbonyl (C=O) groups is 1. The van der Waals surface area contributed by atoms with Gasteiger partial charge in [0.1, 0.15) is 0 Å². The molecule has 3 nitrogen and oxygen atoms in total. The van der Waals surface area contributed by atoms with Crippen molar-refractivity contribution in [3.05, 3.63) is 11.1 Å². The molecule has 0 heterocycles. The van der Waals surface area contributed by atoms with Gasteiger partial charge in [-0.25, -0.2) is 0 Å². The third-order valence-corrected chi connectivity index (χ3v) is 0.883. The Morgan fingerprint density at radius 3 is 2.50 bits per heavy atom. The predicted octanol–water partition coefficient (Wildman–Crippen LogP) is -0.538. The van der Waals surface area contributed by atoms with Crippen LogP contribution in [0.5, 0.6) is 0 Å². The van der Waals surface area contributed by atoms with E-state index in [-0.39, 0.29) is 4.91 Å². The lowest BCUT2D eigenvalue weighted by atomic mass is 10.6. The summed E-state index contributed by atoms with van der Waals surface area (Å²) in [4.78, 5) is 10.4. The van der Waals surface area contributed by atoms with Gasteiger partial charge in [0.05, 0.1) is 4.91 Å². The molecule has 46 valence electrons. The van der Waals surface area contributed by atoms with Crippen molar-refractivity contribution in [2.45, 2.75) is 0 Å². The number of thiol groups is 1. The highest BCUT2D eigenvalue weighted by Gasteiger charge is 1.93. The molecule has 0 fully saturated rings. The van der Waals surface area contributed by atoms with Crippen LogP contribution in [0.15, 0.2) is 11.1 Å². The molecule has 0 atom stereocenters. The highest BCUT2D eigenvalue weighted by atomic mass is 32.1.